The van der Waals surface area contributed by atoms with Crippen LogP contribution in [0.5, 0.6) is 0 Å². The van der Waals surface area contributed by atoms with Crippen LogP contribution >= 0.6 is 0 Å². The first kappa shape index (κ1) is 12.6. The maximum atomic E-state index is 10.3. The van der Waals surface area contributed by atoms with Gasteiger partial charge in [-0.3, -0.25) is 0 Å². The van der Waals surface area contributed by atoms with Gasteiger partial charge in [0.1, 0.15) is 5.82 Å². The summed E-state index contributed by atoms with van der Waals surface area (Å²) in [5.41, 5.74) is 9.83. The normalized spacial score (nSPS) is 12.4. The monoisotopic (exact) mass is 242 g/mol. The SMILES string of the molecule is Cc1cnc(N)c(C(O)Cc2ccccc2C)c1. The Morgan fingerprint density at radius 2 is 2.00 bits per heavy atom. The number of rotatable bonds is 3. The van der Waals surface area contributed by atoms with E-state index in [9.17, 15) is 5.11 Å². The summed E-state index contributed by atoms with van der Waals surface area (Å²) in [5.74, 6) is 0.404. The topological polar surface area (TPSA) is 59.1 Å². The lowest BCUT2D eigenvalue weighted by molar-refractivity contribution is 0.178. The predicted molar refractivity (Wildman–Crippen MR) is 73.2 cm³/mol. The standard InChI is InChI=1S/C15H18N2O/c1-10-7-13(15(16)17-9-10)14(18)8-12-6-4-3-5-11(12)2/h3-7,9,14,18H,8H2,1-2H3,(H2,16,17). The van der Waals surface area contributed by atoms with Gasteiger partial charge >= 0.3 is 0 Å². The highest BCUT2D eigenvalue weighted by Gasteiger charge is 2.13. The van der Waals surface area contributed by atoms with Crippen molar-refractivity contribution in [2.75, 3.05) is 5.73 Å². The molecule has 0 aliphatic rings. The Hall–Kier alpha value is -1.87. The van der Waals surface area contributed by atoms with Crippen LogP contribution in [0.2, 0.25) is 0 Å². The molecule has 0 aliphatic carbocycles. The van der Waals surface area contributed by atoms with Crippen LogP contribution in [-0.2, 0) is 6.42 Å². The number of aromatic nitrogens is 1. The van der Waals surface area contributed by atoms with Crippen LogP contribution in [0.3, 0.4) is 0 Å². The molecule has 0 amide bonds. The second-order valence-electron chi connectivity index (χ2n) is 4.63. The Bertz CT molecular complexity index is 552. The van der Waals surface area contributed by atoms with Gasteiger partial charge in [-0.25, -0.2) is 4.98 Å². The van der Waals surface area contributed by atoms with Crippen LogP contribution in [0, 0.1) is 13.8 Å². The summed E-state index contributed by atoms with van der Waals surface area (Å²) >= 11 is 0. The average Bonchev–Trinajstić information content (AvgIpc) is 2.35. The molecular weight excluding hydrogens is 224 g/mol. The Morgan fingerprint density at radius 3 is 2.72 bits per heavy atom. The summed E-state index contributed by atoms with van der Waals surface area (Å²) in [6.45, 7) is 3.98. The van der Waals surface area contributed by atoms with Gasteiger partial charge in [-0.2, -0.15) is 0 Å². The van der Waals surface area contributed by atoms with Crippen molar-refractivity contribution >= 4 is 5.82 Å². The number of nitrogens with zero attached hydrogens (tertiary/aromatic N) is 1. The molecule has 0 bridgehead atoms. The second kappa shape index (κ2) is 5.19. The third kappa shape index (κ3) is 2.68. The van der Waals surface area contributed by atoms with E-state index in [0.29, 0.717) is 17.8 Å². The van der Waals surface area contributed by atoms with Crippen molar-refractivity contribution in [3.8, 4) is 0 Å². The van der Waals surface area contributed by atoms with E-state index in [1.54, 1.807) is 6.20 Å². The number of aliphatic hydroxyl groups excluding tert-OH is 1. The molecule has 3 heteroatoms. The van der Waals surface area contributed by atoms with Crippen molar-refractivity contribution < 1.29 is 5.11 Å². The lowest BCUT2D eigenvalue weighted by Crippen LogP contribution is -2.08. The van der Waals surface area contributed by atoms with E-state index in [1.807, 2.05) is 44.2 Å². The average molecular weight is 242 g/mol. The summed E-state index contributed by atoms with van der Waals surface area (Å²) < 4.78 is 0. The fourth-order valence-corrected chi connectivity index (χ4v) is 2.03. The van der Waals surface area contributed by atoms with Crippen LogP contribution in [0.4, 0.5) is 5.82 Å². The summed E-state index contributed by atoms with van der Waals surface area (Å²) in [5, 5.41) is 10.3. The first-order valence-electron chi connectivity index (χ1n) is 6.02. The van der Waals surface area contributed by atoms with Gasteiger partial charge in [0.2, 0.25) is 0 Å². The van der Waals surface area contributed by atoms with Gasteiger partial charge in [0.25, 0.3) is 0 Å². The molecule has 0 aliphatic heterocycles. The third-order valence-corrected chi connectivity index (χ3v) is 3.12. The van der Waals surface area contributed by atoms with E-state index in [1.165, 1.54) is 5.56 Å². The molecule has 0 spiro atoms. The molecule has 3 N–H and O–H groups in total. The zero-order valence-electron chi connectivity index (χ0n) is 10.7. The van der Waals surface area contributed by atoms with E-state index in [-0.39, 0.29) is 0 Å². The number of hydrogen-bond donors (Lipinski definition) is 2. The van der Waals surface area contributed by atoms with Crippen molar-refractivity contribution in [2.24, 2.45) is 0 Å². The number of nitrogens with two attached hydrogens (primary N) is 1. The Balaban J connectivity index is 2.25. The molecular formula is C15H18N2O. The zero-order chi connectivity index (χ0) is 13.1. The van der Waals surface area contributed by atoms with Crippen molar-refractivity contribution in [1.82, 2.24) is 4.98 Å². The van der Waals surface area contributed by atoms with Crippen LogP contribution in [-0.4, -0.2) is 10.1 Å². The minimum absolute atomic E-state index is 0.404. The molecule has 2 aromatic rings. The van der Waals surface area contributed by atoms with Gasteiger partial charge in [-0.05, 0) is 36.6 Å². The van der Waals surface area contributed by atoms with Gasteiger partial charge in [-0.1, -0.05) is 24.3 Å². The molecule has 0 saturated heterocycles. The minimum Gasteiger partial charge on any atom is -0.388 e. The third-order valence-electron chi connectivity index (χ3n) is 3.12. The summed E-state index contributed by atoms with van der Waals surface area (Å²) in [6.07, 6.45) is 1.65. The summed E-state index contributed by atoms with van der Waals surface area (Å²) in [7, 11) is 0. The Labute approximate surface area is 107 Å². The highest BCUT2D eigenvalue weighted by atomic mass is 16.3. The maximum absolute atomic E-state index is 10.3. The number of pyridine rings is 1. The van der Waals surface area contributed by atoms with Crippen molar-refractivity contribution in [3.05, 3.63) is 58.8 Å². The van der Waals surface area contributed by atoms with Gasteiger partial charge in [0.15, 0.2) is 0 Å². The fraction of sp³-hybridized carbons (Fsp3) is 0.267. The quantitative estimate of drug-likeness (QED) is 0.869. The molecule has 18 heavy (non-hydrogen) atoms. The van der Waals surface area contributed by atoms with E-state index >= 15 is 0 Å². The number of hydrogen-bond acceptors (Lipinski definition) is 3. The zero-order valence-corrected chi connectivity index (χ0v) is 10.7. The highest BCUT2D eigenvalue weighted by molar-refractivity contribution is 5.43. The van der Waals surface area contributed by atoms with E-state index in [4.69, 9.17) is 5.73 Å². The van der Waals surface area contributed by atoms with Gasteiger partial charge < -0.3 is 10.8 Å². The highest BCUT2D eigenvalue weighted by Crippen LogP contribution is 2.24. The molecule has 0 fully saturated rings. The van der Waals surface area contributed by atoms with Crippen LogP contribution in [0.1, 0.15) is 28.4 Å². The fourth-order valence-electron chi connectivity index (χ4n) is 2.03. The molecule has 3 nitrogen and oxygen atoms in total. The number of aliphatic hydroxyl groups is 1. The van der Waals surface area contributed by atoms with Gasteiger partial charge in [0, 0.05) is 18.2 Å². The predicted octanol–water partition coefficient (Wildman–Crippen LogP) is 2.56. The molecule has 0 radical (unpaired) electrons. The second-order valence-corrected chi connectivity index (χ2v) is 4.63. The maximum Gasteiger partial charge on any atom is 0.129 e. The number of nitrogen functional groups attached to an aromatic ring is 1. The largest absolute Gasteiger partial charge is 0.388 e. The number of aryl methyl sites for hydroxylation is 2. The van der Waals surface area contributed by atoms with E-state index < -0.39 is 6.10 Å². The van der Waals surface area contributed by atoms with Crippen molar-refractivity contribution in [2.45, 2.75) is 26.4 Å². The van der Waals surface area contributed by atoms with Crippen LogP contribution in [0.15, 0.2) is 36.5 Å². The molecule has 1 heterocycles. The first-order valence-corrected chi connectivity index (χ1v) is 6.02. The number of benzene rings is 1. The van der Waals surface area contributed by atoms with Crippen molar-refractivity contribution in [1.29, 1.82) is 0 Å². The summed E-state index contributed by atoms with van der Waals surface area (Å²) in [6, 6.07) is 9.93. The molecule has 1 aromatic carbocycles. The van der Waals surface area contributed by atoms with Crippen LogP contribution in [0.25, 0.3) is 0 Å². The van der Waals surface area contributed by atoms with Gasteiger partial charge in [-0.15, -0.1) is 0 Å². The van der Waals surface area contributed by atoms with E-state index in [2.05, 4.69) is 4.98 Å². The molecule has 94 valence electrons. The first-order chi connectivity index (χ1) is 8.58. The van der Waals surface area contributed by atoms with Crippen LogP contribution < -0.4 is 5.73 Å². The molecule has 1 aromatic heterocycles. The van der Waals surface area contributed by atoms with E-state index in [0.717, 1.165) is 11.1 Å². The molecule has 1 atom stereocenters. The molecule has 0 saturated carbocycles. The lowest BCUT2D eigenvalue weighted by atomic mass is 9.98. The summed E-state index contributed by atoms with van der Waals surface area (Å²) in [4.78, 5) is 4.08. The smallest absolute Gasteiger partial charge is 0.129 e. The van der Waals surface area contributed by atoms with Gasteiger partial charge in [0.05, 0.1) is 6.10 Å². The molecule has 2 rings (SSSR count). The Kier molecular flexibility index (Phi) is 3.63. The lowest BCUT2D eigenvalue weighted by Gasteiger charge is -2.14. The van der Waals surface area contributed by atoms with Crippen molar-refractivity contribution in [3.63, 3.8) is 0 Å². The number of anilines is 1. The Morgan fingerprint density at radius 1 is 1.28 bits per heavy atom. The minimum atomic E-state index is -0.613. The molecule has 1 unspecified atom stereocenters.